The standard InChI is InChI=1S/C19H21BrN2O/c1-21(17-9-3-2-4-10-17)14-18-11-6-12-22(18)19(23)15-7-5-8-16(20)13-15/h2-5,7-10,13,18H,6,11-12,14H2,1H3/t18-/m0/s1. The second kappa shape index (κ2) is 7.18. The van der Waals surface area contributed by atoms with Gasteiger partial charge in [0.2, 0.25) is 0 Å². The number of carbonyl (C=O) groups is 1. The molecule has 1 heterocycles. The zero-order valence-electron chi connectivity index (χ0n) is 13.3. The molecule has 0 unspecified atom stereocenters. The van der Waals surface area contributed by atoms with Crippen molar-refractivity contribution >= 4 is 27.5 Å². The van der Waals surface area contributed by atoms with Gasteiger partial charge in [-0.25, -0.2) is 0 Å². The summed E-state index contributed by atoms with van der Waals surface area (Å²) in [5.74, 6) is 0.135. The van der Waals surface area contributed by atoms with Crippen LogP contribution in [0.3, 0.4) is 0 Å². The Hall–Kier alpha value is -1.81. The third-order valence-electron chi connectivity index (χ3n) is 4.39. The molecule has 0 N–H and O–H groups in total. The molecule has 3 nitrogen and oxygen atoms in total. The van der Waals surface area contributed by atoms with Crippen LogP contribution < -0.4 is 4.90 Å². The molecule has 1 fully saturated rings. The van der Waals surface area contributed by atoms with Crippen LogP contribution in [0.25, 0.3) is 0 Å². The SMILES string of the molecule is CN(C[C@@H]1CCCN1C(=O)c1cccc(Br)c1)c1ccccc1. The average Bonchev–Trinajstić information content (AvgIpc) is 3.03. The maximum absolute atomic E-state index is 12.8. The van der Waals surface area contributed by atoms with E-state index in [0.29, 0.717) is 0 Å². The molecule has 0 saturated carbocycles. The first-order valence-electron chi connectivity index (χ1n) is 7.98. The van der Waals surface area contributed by atoms with Crippen molar-refractivity contribution in [2.45, 2.75) is 18.9 Å². The van der Waals surface area contributed by atoms with Gasteiger partial charge in [0, 0.05) is 41.9 Å². The Kier molecular flexibility index (Phi) is 5.01. The summed E-state index contributed by atoms with van der Waals surface area (Å²) < 4.78 is 0.945. The largest absolute Gasteiger partial charge is 0.373 e. The smallest absolute Gasteiger partial charge is 0.254 e. The van der Waals surface area contributed by atoms with Crippen molar-refractivity contribution in [1.29, 1.82) is 0 Å². The van der Waals surface area contributed by atoms with E-state index in [-0.39, 0.29) is 11.9 Å². The summed E-state index contributed by atoms with van der Waals surface area (Å²) in [5, 5.41) is 0. The van der Waals surface area contributed by atoms with E-state index >= 15 is 0 Å². The van der Waals surface area contributed by atoms with Crippen LogP contribution in [0.4, 0.5) is 5.69 Å². The third kappa shape index (κ3) is 3.75. The van der Waals surface area contributed by atoms with Crippen LogP contribution in [0.5, 0.6) is 0 Å². The zero-order valence-corrected chi connectivity index (χ0v) is 14.9. The van der Waals surface area contributed by atoms with Crippen molar-refractivity contribution in [2.24, 2.45) is 0 Å². The first kappa shape index (κ1) is 16.1. The van der Waals surface area contributed by atoms with Crippen molar-refractivity contribution in [3.05, 3.63) is 64.6 Å². The lowest BCUT2D eigenvalue weighted by Crippen LogP contribution is -2.42. The third-order valence-corrected chi connectivity index (χ3v) is 4.88. The molecule has 120 valence electrons. The quantitative estimate of drug-likeness (QED) is 0.803. The topological polar surface area (TPSA) is 23.6 Å². The number of likely N-dealkylation sites (tertiary alicyclic amines) is 1. The molecule has 2 aromatic rings. The highest BCUT2D eigenvalue weighted by Crippen LogP contribution is 2.23. The van der Waals surface area contributed by atoms with Gasteiger partial charge in [0.1, 0.15) is 0 Å². The van der Waals surface area contributed by atoms with E-state index in [1.54, 1.807) is 0 Å². The molecular formula is C19H21BrN2O. The molecule has 0 bridgehead atoms. The highest BCUT2D eigenvalue weighted by atomic mass is 79.9. The molecule has 1 aliphatic heterocycles. The van der Waals surface area contributed by atoms with Crippen molar-refractivity contribution in [1.82, 2.24) is 4.90 Å². The molecular weight excluding hydrogens is 352 g/mol. The fraction of sp³-hybridized carbons (Fsp3) is 0.316. The Morgan fingerprint density at radius 2 is 2.00 bits per heavy atom. The van der Waals surface area contributed by atoms with Crippen LogP contribution in [0.2, 0.25) is 0 Å². The fourth-order valence-corrected chi connectivity index (χ4v) is 3.58. The summed E-state index contributed by atoms with van der Waals surface area (Å²) in [7, 11) is 2.09. The van der Waals surface area contributed by atoms with E-state index in [1.807, 2.05) is 47.4 Å². The van der Waals surface area contributed by atoms with Gasteiger partial charge in [-0.2, -0.15) is 0 Å². The minimum absolute atomic E-state index is 0.135. The molecule has 1 aliphatic rings. The number of hydrogen-bond acceptors (Lipinski definition) is 2. The second-order valence-corrected chi connectivity index (χ2v) is 6.94. The summed E-state index contributed by atoms with van der Waals surface area (Å²) in [6.45, 7) is 1.71. The van der Waals surface area contributed by atoms with E-state index in [2.05, 4.69) is 40.0 Å². The van der Waals surface area contributed by atoms with Crippen molar-refractivity contribution in [3.63, 3.8) is 0 Å². The average molecular weight is 373 g/mol. The van der Waals surface area contributed by atoms with Gasteiger partial charge in [0.25, 0.3) is 5.91 Å². The van der Waals surface area contributed by atoms with Crippen molar-refractivity contribution in [3.8, 4) is 0 Å². The minimum atomic E-state index is 0.135. The number of anilines is 1. The van der Waals surface area contributed by atoms with Crippen LogP contribution in [-0.2, 0) is 0 Å². The molecule has 23 heavy (non-hydrogen) atoms. The van der Waals surface area contributed by atoms with E-state index in [4.69, 9.17) is 0 Å². The lowest BCUT2D eigenvalue weighted by atomic mass is 10.1. The molecule has 1 amide bonds. The van der Waals surface area contributed by atoms with Gasteiger partial charge in [-0.3, -0.25) is 4.79 Å². The molecule has 3 rings (SSSR count). The van der Waals surface area contributed by atoms with Crippen LogP contribution in [0.15, 0.2) is 59.1 Å². The number of likely N-dealkylation sites (N-methyl/N-ethyl adjacent to an activating group) is 1. The van der Waals surface area contributed by atoms with Crippen molar-refractivity contribution in [2.75, 3.05) is 25.0 Å². The molecule has 0 aromatic heterocycles. The lowest BCUT2D eigenvalue weighted by molar-refractivity contribution is 0.0740. The second-order valence-electron chi connectivity index (χ2n) is 6.02. The van der Waals surface area contributed by atoms with Crippen molar-refractivity contribution < 1.29 is 4.79 Å². The minimum Gasteiger partial charge on any atom is -0.373 e. The van der Waals surface area contributed by atoms with Gasteiger partial charge in [-0.1, -0.05) is 40.2 Å². The van der Waals surface area contributed by atoms with Gasteiger partial charge < -0.3 is 9.80 Å². The summed E-state index contributed by atoms with van der Waals surface area (Å²) in [4.78, 5) is 17.1. The summed E-state index contributed by atoms with van der Waals surface area (Å²) in [6.07, 6.45) is 2.14. The summed E-state index contributed by atoms with van der Waals surface area (Å²) in [5.41, 5.74) is 1.95. The number of rotatable bonds is 4. The Morgan fingerprint density at radius 1 is 1.22 bits per heavy atom. The van der Waals surface area contributed by atoms with Gasteiger partial charge in [-0.05, 0) is 43.2 Å². The highest BCUT2D eigenvalue weighted by Gasteiger charge is 2.30. The van der Waals surface area contributed by atoms with Crippen LogP contribution in [0.1, 0.15) is 23.2 Å². The maximum atomic E-state index is 12.8. The Bertz CT molecular complexity index is 674. The predicted octanol–water partition coefficient (Wildman–Crippen LogP) is 4.19. The number of nitrogens with zero attached hydrogens (tertiary/aromatic N) is 2. The number of amides is 1. The number of carbonyl (C=O) groups excluding carboxylic acids is 1. The van der Waals surface area contributed by atoms with E-state index in [0.717, 1.165) is 36.0 Å². The van der Waals surface area contributed by atoms with Crippen LogP contribution in [0, 0.1) is 0 Å². The Labute approximate surface area is 146 Å². The maximum Gasteiger partial charge on any atom is 0.254 e. The number of benzene rings is 2. The number of para-hydroxylation sites is 1. The first-order chi connectivity index (χ1) is 11.1. The molecule has 1 atom stereocenters. The molecule has 4 heteroatoms. The summed E-state index contributed by atoms with van der Waals surface area (Å²) in [6, 6.07) is 18.3. The first-order valence-corrected chi connectivity index (χ1v) is 8.77. The van der Waals surface area contributed by atoms with E-state index < -0.39 is 0 Å². The number of hydrogen-bond donors (Lipinski definition) is 0. The zero-order chi connectivity index (χ0) is 16.2. The normalized spacial score (nSPS) is 17.3. The van der Waals surface area contributed by atoms with E-state index in [1.165, 1.54) is 5.69 Å². The van der Waals surface area contributed by atoms with Gasteiger partial charge in [0.05, 0.1) is 0 Å². The molecule has 2 aromatic carbocycles. The van der Waals surface area contributed by atoms with Gasteiger partial charge >= 0.3 is 0 Å². The monoisotopic (exact) mass is 372 g/mol. The fourth-order valence-electron chi connectivity index (χ4n) is 3.18. The molecule has 0 aliphatic carbocycles. The van der Waals surface area contributed by atoms with E-state index in [9.17, 15) is 4.79 Å². The van der Waals surface area contributed by atoms with Gasteiger partial charge in [0.15, 0.2) is 0 Å². The molecule has 0 radical (unpaired) electrons. The van der Waals surface area contributed by atoms with Crippen LogP contribution in [-0.4, -0.2) is 37.0 Å². The predicted molar refractivity (Wildman–Crippen MR) is 97.9 cm³/mol. The lowest BCUT2D eigenvalue weighted by Gasteiger charge is -2.30. The Morgan fingerprint density at radius 3 is 2.74 bits per heavy atom. The van der Waals surface area contributed by atoms with Gasteiger partial charge in [-0.15, -0.1) is 0 Å². The Balaban J connectivity index is 1.71. The molecule has 0 spiro atoms. The summed E-state index contributed by atoms with van der Waals surface area (Å²) >= 11 is 3.45. The number of halogens is 1. The van der Waals surface area contributed by atoms with Crippen LogP contribution >= 0.6 is 15.9 Å². The highest BCUT2D eigenvalue weighted by molar-refractivity contribution is 9.10. The molecule has 1 saturated heterocycles.